The second-order valence-corrected chi connectivity index (χ2v) is 5.15. The summed E-state index contributed by atoms with van der Waals surface area (Å²) in [4.78, 5) is 14.0. The lowest BCUT2D eigenvalue weighted by Crippen LogP contribution is -2.57. The van der Waals surface area contributed by atoms with Gasteiger partial charge in [-0.2, -0.15) is 0 Å². The average Bonchev–Trinajstić information content (AvgIpc) is 2.57. The number of aliphatic hydroxyl groups is 1. The summed E-state index contributed by atoms with van der Waals surface area (Å²) in [6.07, 6.45) is 5.68. The van der Waals surface area contributed by atoms with E-state index in [0.29, 0.717) is 6.42 Å². The van der Waals surface area contributed by atoms with Crippen molar-refractivity contribution >= 4 is 5.91 Å². The highest BCUT2D eigenvalue weighted by Crippen LogP contribution is 2.48. The van der Waals surface area contributed by atoms with Gasteiger partial charge in [0.1, 0.15) is 0 Å². The summed E-state index contributed by atoms with van der Waals surface area (Å²) in [5.74, 6) is 0.545. The van der Waals surface area contributed by atoms with Gasteiger partial charge in [-0.15, -0.1) is 0 Å². The number of rotatable bonds is 0. The summed E-state index contributed by atoms with van der Waals surface area (Å²) in [5.41, 5.74) is 0.166. The predicted octanol–water partition coefficient (Wildman–Crippen LogP) is 0.912. The topological polar surface area (TPSA) is 40.5 Å². The molecule has 1 aliphatic carbocycles. The van der Waals surface area contributed by atoms with Crippen LogP contribution in [0.2, 0.25) is 0 Å². The molecule has 3 heteroatoms. The van der Waals surface area contributed by atoms with Crippen molar-refractivity contribution in [3.8, 4) is 0 Å². The number of carbonyl (C=O) groups is 1. The first kappa shape index (κ1) is 8.72. The summed E-state index contributed by atoms with van der Waals surface area (Å²) in [6.45, 7) is 0.960. The Bertz CT molecular complexity index is 278. The Hall–Kier alpha value is -0.570. The van der Waals surface area contributed by atoms with Crippen molar-refractivity contribution in [2.24, 2.45) is 5.92 Å². The zero-order valence-electron chi connectivity index (χ0n) is 8.41. The molecule has 1 unspecified atom stereocenters. The van der Waals surface area contributed by atoms with Crippen molar-refractivity contribution in [1.29, 1.82) is 0 Å². The van der Waals surface area contributed by atoms with Crippen LogP contribution in [0.4, 0.5) is 0 Å². The zero-order chi connectivity index (χ0) is 9.76. The highest BCUT2D eigenvalue weighted by Gasteiger charge is 2.52. The van der Waals surface area contributed by atoms with Crippen LogP contribution in [0.15, 0.2) is 0 Å². The third-order valence-electron chi connectivity index (χ3n) is 4.43. The number of carbonyl (C=O) groups excluding carboxylic acids is 1. The van der Waals surface area contributed by atoms with E-state index in [9.17, 15) is 9.90 Å². The van der Waals surface area contributed by atoms with Crippen molar-refractivity contribution in [2.45, 2.75) is 50.2 Å². The number of piperidine rings is 1. The van der Waals surface area contributed by atoms with Crippen LogP contribution in [0.3, 0.4) is 0 Å². The van der Waals surface area contributed by atoms with Gasteiger partial charge in [0.2, 0.25) is 5.91 Å². The molecule has 3 aliphatic rings. The van der Waals surface area contributed by atoms with Crippen LogP contribution in [0.5, 0.6) is 0 Å². The summed E-state index contributed by atoms with van der Waals surface area (Å²) >= 11 is 0. The minimum atomic E-state index is -0.215. The summed E-state index contributed by atoms with van der Waals surface area (Å²) in [7, 11) is 0. The van der Waals surface area contributed by atoms with Crippen molar-refractivity contribution < 1.29 is 9.90 Å². The fraction of sp³-hybridized carbons (Fsp3) is 0.909. The van der Waals surface area contributed by atoms with E-state index in [1.165, 1.54) is 6.42 Å². The maximum Gasteiger partial charge on any atom is 0.223 e. The Morgan fingerprint density at radius 1 is 1.43 bits per heavy atom. The lowest BCUT2D eigenvalue weighted by atomic mass is 9.69. The molecule has 0 aromatic rings. The van der Waals surface area contributed by atoms with Gasteiger partial charge in [0.05, 0.1) is 6.10 Å². The minimum Gasteiger partial charge on any atom is -0.393 e. The van der Waals surface area contributed by atoms with Gasteiger partial charge in [-0.1, -0.05) is 0 Å². The van der Waals surface area contributed by atoms with Crippen molar-refractivity contribution in [1.82, 2.24) is 4.90 Å². The SMILES string of the molecule is O=C1CC2C[C@]3(CCCN13)CC[C@@H]2O. The quantitative estimate of drug-likeness (QED) is 0.624. The molecule has 3 rings (SSSR count). The molecule has 2 heterocycles. The van der Waals surface area contributed by atoms with E-state index in [0.717, 1.165) is 32.2 Å². The molecule has 0 aromatic carbocycles. The highest BCUT2D eigenvalue weighted by atomic mass is 16.3. The number of nitrogens with zero attached hydrogens (tertiary/aromatic N) is 1. The average molecular weight is 195 g/mol. The van der Waals surface area contributed by atoms with Crippen molar-refractivity contribution in [3.05, 3.63) is 0 Å². The van der Waals surface area contributed by atoms with E-state index in [2.05, 4.69) is 4.90 Å². The van der Waals surface area contributed by atoms with Gasteiger partial charge < -0.3 is 10.0 Å². The second kappa shape index (κ2) is 2.72. The maximum atomic E-state index is 11.8. The lowest BCUT2D eigenvalue weighted by Gasteiger charge is -2.50. The Kier molecular flexibility index (Phi) is 1.69. The zero-order valence-corrected chi connectivity index (χ0v) is 8.41. The maximum absolute atomic E-state index is 11.8. The van der Waals surface area contributed by atoms with Crippen LogP contribution in [-0.2, 0) is 4.79 Å². The fourth-order valence-corrected chi connectivity index (χ4v) is 3.72. The van der Waals surface area contributed by atoms with Crippen LogP contribution in [0.25, 0.3) is 0 Å². The second-order valence-electron chi connectivity index (χ2n) is 5.15. The van der Waals surface area contributed by atoms with Crippen LogP contribution in [0, 0.1) is 5.92 Å². The van der Waals surface area contributed by atoms with Crippen LogP contribution < -0.4 is 0 Å². The van der Waals surface area contributed by atoms with Crippen molar-refractivity contribution in [2.75, 3.05) is 6.54 Å². The number of amides is 1. The summed E-state index contributed by atoms with van der Waals surface area (Å²) in [6, 6.07) is 0. The number of hydrogen-bond acceptors (Lipinski definition) is 2. The molecule has 1 N–H and O–H groups in total. The third kappa shape index (κ3) is 0.991. The van der Waals surface area contributed by atoms with E-state index in [1.54, 1.807) is 0 Å². The Morgan fingerprint density at radius 3 is 3.14 bits per heavy atom. The highest BCUT2D eigenvalue weighted by molar-refractivity contribution is 5.79. The Morgan fingerprint density at radius 2 is 2.29 bits per heavy atom. The predicted molar refractivity (Wildman–Crippen MR) is 51.6 cm³/mol. The molecule has 3 fully saturated rings. The molecular formula is C11H17NO2. The number of hydrogen-bond donors (Lipinski definition) is 1. The Balaban J connectivity index is 1.94. The molecule has 3 nitrogen and oxygen atoms in total. The molecule has 1 spiro atoms. The molecule has 2 saturated heterocycles. The molecule has 2 bridgehead atoms. The first-order valence-electron chi connectivity index (χ1n) is 5.70. The largest absolute Gasteiger partial charge is 0.393 e. The van der Waals surface area contributed by atoms with Crippen molar-refractivity contribution in [3.63, 3.8) is 0 Å². The van der Waals surface area contributed by atoms with E-state index >= 15 is 0 Å². The van der Waals surface area contributed by atoms with Gasteiger partial charge in [-0.25, -0.2) is 0 Å². The number of fused-ring (bicyclic) bond motifs is 1. The van der Waals surface area contributed by atoms with Crippen LogP contribution in [-0.4, -0.2) is 34.1 Å². The van der Waals surface area contributed by atoms with E-state index in [4.69, 9.17) is 0 Å². The van der Waals surface area contributed by atoms with Gasteiger partial charge in [0.25, 0.3) is 0 Å². The standard InChI is InChI=1S/C11H17NO2/c13-9-2-4-11-3-1-5-12(11)10(14)6-8(9)7-11/h8-9,13H,1-7H2/t8?,9-,11-/m0/s1. The first-order valence-corrected chi connectivity index (χ1v) is 5.70. The smallest absolute Gasteiger partial charge is 0.223 e. The molecular weight excluding hydrogens is 178 g/mol. The number of aliphatic hydroxyl groups excluding tert-OH is 1. The normalized spacial score (nSPS) is 46.6. The van der Waals surface area contributed by atoms with E-state index < -0.39 is 0 Å². The molecule has 2 aliphatic heterocycles. The molecule has 1 saturated carbocycles. The molecule has 0 aromatic heterocycles. The molecule has 1 amide bonds. The minimum absolute atomic E-state index is 0.166. The Labute approximate surface area is 84.1 Å². The fourth-order valence-electron chi connectivity index (χ4n) is 3.72. The summed E-state index contributed by atoms with van der Waals surface area (Å²) < 4.78 is 0. The van der Waals surface area contributed by atoms with Gasteiger partial charge >= 0.3 is 0 Å². The lowest BCUT2D eigenvalue weighted by molar-refractivity contribution is -0.149. The van der Waals surface area contributed by atoms with E-state index in [-0.39, 0.29) is 23.5 Å². The van der Waals surface area contributed by atoms with E-state index in [1.807, 2.05) is 0 Å². The van der Waals surface area contributed by atoms with Gasteiger partial charge in [0, 0.05) is 18.5 Å². The molecule has 0 radical (unpaired) electrons. The monoisotopic (exact) mass is 195 g/mol. The third-order valence-corrected chi connectivity index (χ3v) is 4.43. The first-order chi connectivity index (χ1) is 6.71. The van der Waals surface area contributed by atoms with Gasteiger partial charge in [0.15, 0.2) is 0 Å². The summed E-state index contributed by atoms with van der Waals surface area (Å²) in [5, 5.41) is 9.78. The molecule has 14 heavy (non-hydrogen) atoms. The molecule has 3 atom stereocenters. The van der Waals surface area contributed by atoms with Crippen LogP contribution in [0.1, 0.15) is 38.5 Å². The van der Waals surface area contributed by atoms with Crippen LogP contribution >= 0.6 is 0 Å². The molecule has 78 valence electrons. The van der Waals surface area contributed by atoms with Gasteiger partial charge in [-0.05, 0) is 38.0 Å². The van der Waals surface area contributed by atoms with Gasteiger partial charge in [-0.3, -0.25) is 4.79 Å².